The molecule has 1 atom stereocenters. The Morgan fingerprint density at radius 1 is 1.62 bits per heavy atom. The van der Waals surface area contributed by atoms with Crippen LogP contribution in [0.4, 0.5) is 0 Å². The van der Waals surface area contributed by atoms with Crippen molar-refractivity contribution in [2.24, 2.45) is 0 Å². The number of nitrogens with one attached hydrogen (secondary N) is 1. The molecular weight excluding hydrogens is 286 g/mol. The second-order valence-corrected chi connectivity index (χ2v) is 6.46. The van der Waals surface area contributed by atoms with Gasteiger partial charge in [-0.05, 0) is 54.7 Å². The number of carbonyl (C=O) groups excluding carboxylic acids is 1. The fourth-order valence-corrected chi connectivity index (χ4v) is 3.54. The second-order valence-electron chi connectivity index (χ2n) is 4.55. The van der Waals surface area contributed by atoms with Crippen molar-refractivity contribution >= 4 is 33.0 Å². The van der Waals surface area contributed by atoms with Gasteiger partial charge in [0.15, 0.2) is 5.78 Å². The number of hydrogen-bond acceptors (Lipinski definition) is 3. The molecule has 0 bridgehead atoms. The average molecular weight is 302 g/mol. The second kappa shape index (κ2) is 4.98. The highest BCUT2D eigenvalue weighted by molar-refractivity contribution is 9.10. The number of halogens is 1. The maximum absolute atomic E-state index is 12.2. The lowest BCUT2D eigenvalue weighted by Gasteiger charge is -2.33. The fourth-order valence-electron chi connectivity index (χ4n) is 2.09. The van der Waals surface area contributed by atoms with Gasteiger partial charge in [-0.2, -0.15) is 0 Å². The van der Waals surface area contributed by atoms with Gasteiger partial charge in [0.1, 0.15) is 0 Å². The lowest BCUT2D eigenvalue weighted by molar-refractivity contribution is -0.125. The Hall–Kier alpha value is -0.190. The van der Waals surface area contributed by atoms with E-state index in [0.29, 0.717) is 12.2 Å². The van der Waals surface area contributed by atoms with Gasteiger partial charge in [-0.25, -0.2) is 0 Å². The number of hydrogen-bond donors (Lipinski definition) is 1. The molecule has 0 amide bonds. The van der Waals surface area contributed by atoms with Crippen molar-refractivity contribution in [3.05, 3.63) is 20.8 Å². The molecule has 0 spiro atoms. The minimum Gasteiger partial charge on any atom is -0.305 e. The monoisotopic (exact) mass is 301 g/mol. The minimum atomic E-state index is -0.297. The number of rotatable bonds is 3. The zero-order valence-electron chi connectivity index (χ0n) is 9.38. The first-order valence-electron chi connectivity index (χ1n) is 5.61. The summed E-state index contributed by atoms with van der Waals surface area (Å²) in [5.41, 5.74) is -0.297. The molecule has 2 rings (SSSR count). The predicted octanol–water partition coefficient (Wildman–Crippen LogP) is 3.15. The van der Waals surface area contributed by atoms with Crippen LogP contribution in [0.3, 0.4) is 0 Å². The molecule has 1 N–H and O–H groups in total. The molecule has 1 aliphatic rings. The van der Waals surface area contributed by atoms with Crippen LogP contribution in [0, 0.1) is 0 Å². The predicted molar refractivity (Wildman–Crippen MR) is 71.0 cm³/mol. The van der Waals surface area contributed by atoms with Crippen LogP contribution in [0.25, 0.3) is 0 Å². The minimum absolute atomic E-state index is 0.297. The van der Waals surface area contributed by atoms with E-state index in [1.54, 1.807) is 11.3 Å². The standard InChI is InChI=1S/C12H16BrNOS/c1-12(4-2-3-5-14-12)11(15)7-10-6-9(13)8-16-10/h6,8,14H,2-5,7H2,1H3. The van der Waals surface area contributed by atoms with Gasteiger partial charge >= 0.3 is 0 Å². The Labute approximate surface area is 109 Å². The molecule has 0 aromatic carbocycles. The molecule has 0 aliphatic carbocycles. The van der Waals surface area contributed by atoms with Gasteiger partial charge in [0, 0.05) is 21.2 Å². The summed E-state index contributed by atoms with van der Waals surface area (Å²) in [4.78, 5) is 13.4. The number of ketones is 1. The van der Waals surface area contributed by atoms with E-state index < -0.39 is 0 Å². The van der Waals surface area contributed by atoms with Gasteiger partial charge in [-0.15, -0.1) is 11.3 Å². The quantitative estimate of drug-likeness (QED) is 0.929. The molecular formula is C12H16BrNOS. The summed E-state index contributed by atoms with van der Waals surface area (Å²) >= 11 is 5.06. The van der Waals surface area contributed by atoms with E-state index in [1.807, 2.05) is 18.4 Å². The highest BCUT2D eigenvalue weighted by Crippen LogP contribution is 2.25. The van der Waals surface area contributed by atoms with Crippen molar-refractivity contribution in [1.82, 2.24) is 5.32 Å². The zero-order valence-corrected chi connectivity index (χ0v) is 11.8. The molecule has 16 heavy (non-hydrogen) atoms. The molecule has 0 radical (unpaired) electrons. The first-order chi connectivity index (χ1) is 7.60. The molecule has 4 heteroatoms. The highest BCUT2D eigenvalue weighted by atomic mass is 79.9. The average Bonchev–Trinajstić information content (AvgIpc) is 2.65. The van der Waals surface area contributed by atoms with Crippen LogP contribution in [-0.4, -0.2) is 17.9 Å². The van der Waals surface area contributed by atoms with E-state index in [-0.39, 0.29) is 5.54 Å². The van der Waals surface area contributed by atoms with Crippen molar-refractivity contribution in [2.75, 3.05) is 6.54 Å². The Morgan fingerprint density at radius 2 is 2.44 bits per heavy atom. The van der Waals surface area contributed by atoms with Crippen LogP contribution in [-0.2, 0) is 11.2 Å². The fraction of sp³-hybridized carbons (Fsp3) is 0.583. The molecule has 1 aromatic heterocycles. The molecule has 1 unspecified atom stereocenters. The number of thiophene rings is 1. The first kappa shape index (κ1) is 12.3. The third kappa shape index (κ3) is 2.73. The van der Waals surface area contributed by atoms with Gasteiger partial charge < -0.3 is 5.32 Å². The van der Waals surface area contributed by atoms with Gasteiger partial charge in [-0.3, -0.25) is 4.79 Å². The highest BCUT2D eigenvalue weighted by Gasteiger charge is 2.33. The summed E-state index contributed by atoms with van der Waals surface area (Å²) in [7, 11) is 0. The van der Waals surface area contributed by atoms with Gasteiger partial charge in [0.2, 0.25) is 0 Å². The van der Waals surface area contributed by atoms with Crippen molar-refractivity contribution in [3.63, 3.8) is 0 Å². The molecule has 88 valence electrons. The Kier molecular flexibility index (Phi) is 3.82. The number of piperidine rings is 1. The van der Waals surface area contributed by atoms with Crippen molar-refractivity contribution < 1.29 is 4.79 Å². The van der Waals surface area contributed by atoms with Crippen molar-refractivity contribution in [2.45, 2.75) is 38.1 Å². The Morgan fingerprint density at radius 3 is 3.00 bits per heavy atom. The molecule has 1 fully saturated rings. The van der Waals surface area contributed by atoms with Crippen LogP contribution < -0.4 is 5.32 Å². The summed E-state index contributed by atoms with van der Waals surface area (Å²) in [6, 6.07) is 2.04. The van der Waals surface area contributed by atoms with Crippen LogP contribution >= 0.6 is 27.3 Å². The van der Waals surface area contributed by atoms with Gasteiger partial charge in [-0.1, -0.05) is 0 Å². The lowest BCUT2D eigenvalue weighted by Crippen LogP contribution is -2.52. The number of Topliss-reactive ketones (excluding diaryl/α,β-unsaturated/α-hetero) is 1. The normalized spacial score (nSPS) is 25.6. The third-order valence-electron chi connectivity index (χ3n) is 3.19. The van der Waals surface area contributed by atoms with Crippen LogP contribution in [0.2, 0.25) is 0 Å². The Bertz CT molecular complexity index is 382. The summed E-state index contributed by atoms with van der Waals surface area (Å²) < 4.78 is 1.07. The van der Waals surface area contributed by atoms with Crippen molar-refractivity contribution in [1.29, 1.82) is 0 Å². The van der Waals surface area contributed by atoms with Gasteiger partial charge in [0.25, 0.3) is 0 Å². The van der Waals surface area contributed by atoms with Gasteiger partial charge in [0.05, 0.1) is 5.54 Å². The van der Waals surface area contributed by atoms with E-state index in [1.165, 1.54) is 6.42 Å². The smallest absolute Gasteiger partial charge is 0.157 e. The van der Waals surface area contributed by atoms with E-state index in [0.717, 1.165) is 28.7 Å². The summed E-state index contributed by atoms with van der Waals surface area (Å²) in [6.45, 7) is 3.01. The molecule has 1 aromatic rings. The SMILES string of the molecule is CC1(C(=O)Cc2cc(Br)cs2)CCCCN1. The molecule has 2 heterocycles. The topological polar surface area (TPSA) is 29.1 Å². The molecule has 1 saturated heterocycles. The zero-order chi connectivity index (χ0) is 11.6. The summed E-state index contributed by atoms with van der Waals surface area (Å²) in [5.74, 6) is 0.321. The van der Waals surface area contributed by atoms with E-state index in [2.05, 4.69) is 21.2 Å². The van der Waals surface area contributed by atoms with E-state index in [9.17, 15) is 4.79 Å². The van der Waals surface area contributed by atoms with Crippen LogP contribution in [0.5, 0.6) is 0 Å². The van der Waals surface area contributed by atoms with Crippen molar-refractivity contribution in [3.8, 4) is 0 Å². The largest absolute Gasteiger partial charge is 0.305 e. The maximum Gasteiger partial charge on any atom is 0.157 e. The maximum atomic E-state index is 12.2. The first-order valence-corrected chi connectivity index (χ1v) is 7.29. The van der Waals surface area contributed by atoms with E-state index >= 15 is 0 Å². The number of carbonyl (C=O) groups is 1. The van der Waals surface area contributed by atoms with Crippen LogP contribution in [0.1, 0.15) is 31.1 Å². The third-order valence-corrected chi connectivity index (χ3v) is 4.89. The summed E-state index contributed by atoms with van der Waals surface area (Å²) in [6.07, 6.45) is 3.87. The lowest BCUT2D eigenvalue weighted by atomic mass is 9.85. The molecule has 0 saturated carbocycles. The van der Waals surface area contributed by atoms with E-state index in [4.69, 9.17) is 0 Å². The Balaban J connectivity index is 2.01. The van der Waals surface area contributed by atoms with Crippen LogP contribution in [0.15, 0.2) is 15.9 Å². The molecule has 2 nitrogen and oxygen atoms in total. The molecule has 1 aliphatic heterocycles. The summed E-state index contributed by atoms with van der Waals surface area (Å²) in [5, 5.41) is 5.39.